The predicted octanol–water partition coefficient (Wildman–Crippen LogP) is 1.13. The number of methoxy groups -OCH3 is 2. The number of rotatable bonds is 6. The number of aldehydes is 1. The molecule has 1 heterocycles. The van der Waals surface area contributed by atoms with Crippen LogP contribution in [0, 0.1) is 0 Å². The van der Waals surface area contributed by atoms with Crippen LogP contribution in [0.2, 0.25) is 0 Å². The van der Waals surface area contributed by atoms with Gasteiger partial charge < -0.3 is 29.6 Å². The van der Waals surface area contributed by atoms with Gasteiger partial charge in [0.1, 0.15) is 12.9 Å². The minimum absolute atomic E-state index is 0.0648. The first-order chi connectivity index (χ1) is 10.1. The van der Waals surface area contributed by atoms with Crippen LogP contribution in [-0.2, 0) is 32.3 Å². The fraction of sp³-hybridized carbons (Fsp3) is 0.500. The molecular weight excluding hydrogens is 278 g/mol. The van der Waals surface area contributed by atoms with Crippen LogP contribution >= 0.6 is 0 Å². The number of hydrogen-bond acceptors (Lipinski definition) is 7. The molecule has 0 aliphatic carbocycles. The van der Waals surface area contributed by atoms with Crippen molar-refractivity contribution in [3.05, 3.63) is 23.3 Å². The second-order valence-corrected chi connectivity index (χ2v) is 4.24. The van der Waals surface area contributed by atoms with E-state index in [1.165, 1.54) is 0 Å². The van der Waals surface area contributed by atoms with Crippen molar-refractivity contribution in [1.82, 2.24) is 5.32 Å². The van der Waals surface area contributed by atoms with Crippen LogP contribution in [-0.4, -0.2) is 38.4 Å². The number of phenolic OH excluding ortho intramolecular Hbond substituents is 1. The van der Waals surface area contributed by atoms with Gasteiger partial charge in [-0.1, -0.05) is 12.1 Å². The third-order valence-corrected chi connectivity index (χ3v) is 2.86. The highest BCUT2D eigenvalue weighted by Crippen LogP contribution is 2.37. The molecule has 1 aliphatic rings. The number of ether oxygens (including phenoxy) is 2. The fourth-order valence-corrected chi connectivity index (χ4v) is 1.52. The van der Waals surface area contributed by atoms with E-state index >= 15 is 0 Å². The summed E-state index contributed by atoms with van der Waals surface area (Å²) < 4.78 is 9.35. The van der Waals surface area contributed by atoms with Crippen molar-refractivity contribution < 1.29 is 29.1 Å². The molecule has 0 bridgehead atoms. The van der Waals surface area contributed by atoms with E-state index in [1.54, 1.807) is 20.3 Å². The molecular formula is C14H21NO6. The van der Waals surface area contributed by atoms with Crippen LogP contribution in [0.1, 0.15) is 18.1 Å². The third-order valence-electron chi connectivity index (χ3n) is 2.86. The Bertz CT molecular complexity index is 447. The van der Waals surface area contributed by atoms with Gasteiger partial charge >= 0.3 is 0 Å². The number of hydrogen-bond donors (Lipinski definition) is 2. The molecule has 0 amide bonds. The second kappa shape index (κ2) is 9.30. The summed E-state index contributed by atoms with van der Waals surface area (Å²) in [6.45, 7) is 2.86. The molecule has 0 saturated heterocycles. The van der Waals surface area contributed by atoms with Gasteiger partial charge in [-0.2, -0.15) is 4.89 Å². The van der Waals surface area contributed by atoms with Crippen molar-refractivity contribution in [2.45, 2.75) is 26.4 Å². The molecule has 0 radical (unpaired) electrons. The van der Waals surface area contributed by atoms with E-state index in [-0.39, 0.29) is 18.6 Å². The van der Waals surface area contributed by atoms with Crippen molar-refractivity contribution in [1.29, 1.82) is 0 Å². The zero-order valence-electron chi connectivity index (χ0n) is 12.4. The number of phenols is 1. The summed E-state index contributed by atoms with van der Waals surface area (Å²) in [6, 6.07) is 3.62. The quantitative estimate of drug-likeness (QED) is 0.352. The van der Waals surface area contributed by atoms with Gasteiger partial charge in [-0.05, 0) is 6.92 Å². The van der Waals surface area contributed by atoms with E-state index in [2.05, 4.69) is 14.8 Å². The lowest BCUT2D eigenvalue weighted by Gasteiger charge is -2.06. The largest absolute Gasteiger partial charge is 0.504 e. The number of fused-ring (bicyclic) bond motifs is 1. The smallest absolute Gasteiger partial charge is 0.212 e. The Balaban J connectivity index is 0.000000315. The maximum absolute atomic E-state index is 10.1. The number of carbonyl (C=O) groups is 1. The first kappa shape index (κ1) is 17.4. The van der Waals surface area contributed by atoms with Gasteiger partial charge in [0.2, 0.25) is 5.75 Å². The van der Waals surface area contributed by atoms with Crippen molar-refractivity contribution in [3.8, 4) is 11.5 Å². The molecule has 2 rings (SSSR count). The van der Waals surface area contributed by atoms with Crippen molar-refractivity contribution in [2.24, 2.45) is 0 Å². The Morgan fingerprint density at radius 1 is 1.43 bits per heavy atom. The van der Waals surface area contributed by atoms with Gasteiger partial charge in [-0.25, -0.2) is 0 Å². The van der Waals surface area contributed by atoms with Gasteiger partial charge in [-0.15, -0.1) is 0 Å². The average Bonchev–Trinajstić information content (AvgIpc) is 2.99. The molecule has 2 N–H and O–H groups in total. The zero-order valence-corrected chi connectivity index (χ0v) is 12.4. The van der Waals surface area contributed by atoms with Crippen molar-refractivity contribution in [3.63, 3.8) is 0 Å². The van der Waals surface area contributed by atoms with Crippen LogP contribution in [0.25, 0.3) is 0 Å². The Hall–Kier alpha value is -1.67. The molecule has 0 aromatic heterocycles. The highest BCUT2D eigenvalue weighted by Gasteiger charge is 2.20. The minimum Gasteiger partial charge on any atom is -0.504 e. The van der Waals surface area contributed by atoms with Crippen LogP contribution in [0.4, 0.5) is 0 Å². The molecule has 0 atom stereocenters. The van der Waals surface area contributed by atoms with Crippen molar-refractivity contribution >= 4 is 6.29 Å². The van der Waals surface area contributed by atoms with Gasteiger partial charge in [0.05, 0.1) is 6.54 Å². The van der Waals surface area contributed by atoms with Crippen molar-refractivity contribution in [2.75, 3.05) is 20.8 Å². The number of carbonyl (C=O) groups excluding carboxylic acids is 1. The fourth-order valence-electron chi connectivity index (χ4n) is 1.52. The summed E-state index contributed by atoms with van der Waals surface area (Å²) in [6.07, 6.45) is 0.703. The van der Waals surface area contributed by atoms with E-state index in [0.717, 1.165) is 11.8 Å². The third kappa shape index (κ3) is 5.31. The molecule has 21 heavy (non-hydrogen) atoms. The summed E-state index contributed by atoms with van der Waals surface area (Å²) >= 11 is 0. The monoisotopic (exact) mass is 299 g/mol. The molecule has 118 valence electrons. The van der Waals surface area contributed by atoms with E-state index in [0.29, 0.717) is 24.5 Å². The van der Waals surface area contributed by atoms with Crippen LogP contribution < -0.4 is 10.2 Å². The maximum atomic E-state index is 10.1. The SMILES string of the molecule is COC(C)OC.O=CCNCc1ccc2c(c1O)OOC2. The first-order valence-electron chi connectivity index (χ1n) is 6.47. The van der Waals surface area contributed by atoms with E-state index in [1.807, 2.05) is 13.0 Å². The maximum Gasteiger partial charge on any atom is 0.212 e. The summed E-state index contributed by atoms with van der Waals surface area (Å²) in [4.78, 5) is 19.7. The Labute approximate surface area is 123 Å². The lowest BCUT2D eigenvalue weighted by molar-refractivity contribution is -0.195. The molecule has 7 nitrogen and oxygen atoms in total. The van der Waals surface area contributed by atoms with Gasteiger partial charge in [0.15, 0.2) is 12.0 Å². The second-order valence-electron chi connectivity index (χ2n) is 4.24. The summed E-state index contributed by atoms with van der Waals surface area (Å²) in [5, 5.41) is 12.6. The molecule has 7 heteroatoms. The van der Waals surface area contributed by atoms with Gasteiger partial charge in [0.25, 0.3) is 0 Å². The molecule has 0 unspecified atom stereocenters. The lowest BCUT2D eigenvalue weighted by atomic mass is 10.1. The summed E-state index contributed by atoms with van der Waals surface area (Å²) in [5.41, 5.74) is 1.51. The number of aromatic hydroxyl groups is 1. The molecule has 0 saturated carbocycles. The number of benzene rings is 1. The van der Waals surface area contributed by atoms with Crippen LogP contribution in [0.15, 0.2) is 12.1 Å². The number of nitrogens with one attached hydrogen (secondary N) is 1. The normalized spacial score (nSPS) is 12.4. The predicted molar refractivity (Wildman–Crippen MR) is 74.8 cm³/mol. The van der Waals surface area contributed by atoms with E-state index in [4.69, 9.17) is 9.78 Å². The Morgan fingerprint density at radius 3 is 2.71 bits per heavy atom. The minimum atomic E-state index is -0.0648. The van der Waals surface area contributed by atoms with Gasteiger partial charge in [-0.3, -0.25) is 0 Å². The molecule has 1 aliphatic heterocycles. The topological polar surface area (TPSA) is 86.3 Å². The average molecular weight is 299 g/mol. The highest BCUT2D eigenvalue weighted by molar-refractivity contribution is 5.53. The molecule has 1 aromatic carbocycles. The summed E-state index contributed by atoms with van der Waals surface area (Å²) in [5.74, 6) is 0.448. The van der Waals surface area contributed by atoms with E-state index < -0.39 is 0 Å². The first-order valence-corrected chi connectivity index (χ1v) is 6.47. The zero-order chi connectivity index (χ0) is 15.7. The molecule has 1 aromatic rings. The van der Waals surface area contributed by atoms with E-state index in [9.17, 15) is 9.90 Å². The highest BCUT2D eigenvalue weighted by atomic mass is 17.2. The summed E-state index contributed by atoms with van der Waals surface area (Å²) in [7, 11) is 3.21. The molecule has 0 spiro atoms. The Morgan fingerprint density at radius 2 is 2.14 bits per heavy atom. The van der Waals surface area contributed by atoms with Crippen LogP contribution in [0.3, 0.4) is 0 Å². The standard InChI is InChI=1S/C10H11NO4.C4H10O2/c12-4-3-11-5-7-1-2-8-6-14-15-10(8)9(7)13;1-4(5-2)6-3/h1-2,4,11,13H,3,5-6H2;4H,1-3H3. The molecule has 0 fully saturated rings. The van der Waals surface area contributed by atoms with Gasteiger partial charge in [0, 0.05) is 31.9 Å². The van der Waals surface area contributed by atoms with Crippen LogP contribution in [0.5, 0.6) is 11.5 Å². The lowest BCUT2D eigenvalue weighted by Crippen LogP contribution is -2.15. The Kier molecular flexibility index (Phi) is 7.70.